The second-order valence-corrected chi connectivity index (χ2v) is 5.23. The number of benzene rings is 1. The van der Waals surface area contributed by atoms with Crippen molar-refractivity contribution in [1.82, 2.24) is 9.78 Å². The zero-order valence-corrected chi connectivity index (χ0v) is 13.6. The van der Waals surface area contributed by atoms with E-state index in [0.717, 1.165) is 12.8 Å². The van der Waals surface area contributed by atoms with E-state index in [9.17, 15) is 14.4 Å². The average Bonchev–Trinajstić information content (AvgIpc) is 2.55. The number of carbonyl (C=O) groups is 2. The molecule has 1 aromatic carbocycles. The van der Waals surface area contributed by atoms with Gasteiger partial charge in [0.15, 0.2) is 5.69 Å². The Balaban J connectivity index is 2.09. The molecule has 2 rings (SSSR count). The molecule has 1 heterocycles. The van der Waals surface area contributed by atoms with E-state index < -0.39 is 5.97 Å². The van der Waals surface area contributed by atoms with Crippen LogP contribution >= 0.6 is 0 Å². The number of carbonyl (C=O) groups excluding carboxylic acids is 2. The number of hydrogen-bond donors (Lipinski definition) is 1. The van der Waals surface area contributed by atoms with Gasteiger partial charge in [0.1, 0.15) is 5.75 Å². The Labute approximate surface area is 139 Å². The van der Waals surface area contributed by atoms with Crippen LogP contribution in [0.4, 0.5) is 5.69 Å². The molecule has 0 radical (unpaired) electrons. The minimum absolute atomic E-state index is 0.0663. The van der Waals surface area contributed by atoms with E-state index in [2.05, 4.69) is 10.4 Å². The summed E-state index contributed by atoms with van der Waals surface area (Å²) < 4.78 is 6.49. The summed E-state index contributed by atoms with van der Waals surface area (Å²) in [4.78, 5) is 34.8. The number of nitrogens with zero attached hydrogens (tertiary/aromatic N) is 2. The van der Waals surface area contributed by atoms with Crippen LogP contribution in [0.1, 0.15) is 37.2 Å². The molecule has 0 fully saturated rings. The lowest BCUT2D eigenvalue weighted by atomic mass is 10.3. The molecule has 0 bridgehead atoms. The quantitative estimate of drug-likeness (QED) is 0.648. The Kier molecular flexibility index (Phi) is 5.83. The fraction of sp³-hybridized carbons (Fsp3) is 0.294. The van der Waals surface area contributed by atoms with Gasteiger partial charge in [-0.1, -0.05) is 13.3 Å². The molecule has 24 heavy (non-hydrogen) atoms. The number of nitrogens with one attached hydrogen (secondary N) is 1. The van der Waals surface area contributed by atoms with Crippen molar-refractivity contribution in [1.29, 1.82) is 0 Å². The number of hydrogen-bond acceptors (Lipinski definition) is 5. The van der Waals surface area contributed by atoms with E-state index in [0.29, 0.717) is 18.0 Å². The fourth-order valence-electron chi connectivity index (χ4n) is 1.99. The van der Waals surface area contributed by atoms with Crippen molar-refractivity contribution < 1.29 is 14.3 Å². The second kappa shape index (κ2) is 8.05. The molecule has 2 aromatic rings. The van der Waals surface area contributed by atoms with E-state index in [1.165, 1.54) is 23.7 Å². The van der Waals surface area contributed by atoms with Crippen molar-refractivity contribution in [3.05, 3.63) is 52.4 Å². The molecule has 0 saturated carbocycles. The third-order valence-corrected chi connectivity index (χ3v) is 3.18. The number of unbranched alkanes of at least 4 members (excludes halogenated alkanes) is 1. The first-order valence-electron chi connectivity index (χ1n) is 7.67. The summed E-state index contributed by atoms with van der Waals surface area (Å²) in [5, 5.41) is 6.66. The number of aromatic nitrogens is 2. The molecule has 0 aliphatic carbocycles. The van der Waals surface area contributed by atoms with E-state index in [-0.39, 0.29) is 17.2 Å². The maximum Gasteiger partial charge on any atom is 0.364 e. The molecule has 0 aliphatic rings. The Hall–Kier alpha value is -2.96. The Morgan fingerprint density at radius 2 is 1.88 bits per heavy atom. The Morgan fingerprint density at radius 1 is 1.17 bits per heavy atom. The van der Waals surface area contributed by atoms with Gasteiger partial charge in [-0.15, -0.1) is 0 Å². The zero-order chi connectivity index (χ0) is 17.5. The number of anilines is 1. The van der Waals surface area contributed by atoms with Crippen LogP contribution in [0.15, 0.2) is 41.2 Å². The van der Waals surface area contributed by atoms with Crippen molar-refractivity contribution in [3.63, 3.8) is 0 Å². The topological polar surface area (TPSA) is 90.3 Å². The molecule has 0 aliphatic heterocycles. The van der Waals surface area contributed by atoms with E-state index in [1.54, 1.807) is 24.3 Å². The fourth-order valence-corrected chi connectivity index (χ4v) is 1.99. The van der Waals surface area contributed by atoms with Crippen molar-refractivity contribution in [3.8, 4) is 5.75 Å². The Bertz CT molecular complexity index is 781. The van der Waals surface area contributed by atoms with Crippen molar-refractivity contribution >= 4 is 17.6 Å². The molecule has 1 aromatic heterocycles. The highest BCUT2D eigenvalue weighted by Crippen LogP contribution is 2.16. The summed E-state index contributed by atoms with van der Waals surface area (Å²) in [6.45, 7) is 3.88. The van der Waals surface area contributed by atoms with Crippen molar-refractivity contribution in [2.45, 2.75) is 33.2 Å². The summed E-state index contributed by atoms with van der Waals surface area (Å²) in [7, 11) is 0. The molecular weight excluding hydrogens is 310 g/mol. The van der Waals surface area contributed by atoms with Crippen LogP contribution in [-0.4, -0.2) is 21.7 Å². The van der Waals surface area contributed by atoms with Crippen molar-refractivity contribution in [2.75, 3.05) is 5.32 Å². The highest BCUT2D eigenvalue weighted by atomic mass is 16.5. The summed E-state index contributed by atoms with van der Waals surface area (Å²) in [5.41, 5.74) is 0.421. The monoisotopic (exact) mass is 329 g/mol. The second-order valence-electron chi connectivity index (χ2n) is 5.23. The normalized spacial score (nSPS) is 10.2. The molecule has 0 unspecified atom stereocenters. The average molecular weight is 329 g/mol. The lowest BCUT2D eigenvalue weighted by molar-refractivity contribution is -0.114. The van der Waals surface area contributed by atoms with Gasteiger partial charge in [-0.3, -0.25) is 9.59 Å². The highest BCUT2D eigenvalue weighted by Gasteiger charge is 2.12. The number of amides is 1. The van der Waals surface area contributed by atoms with Crippen LogP contribution in [0.5, 0.6) is 5.75 Å². The lowest BCUT2D eigenvalue weighted by Crippen LogP contribution is -2.25. The van der Waals surface area contributed by atoms with Gasteiger partial charge in [0.2, 0.25) is 5.91 Å². The Morgan fingerprint density at radius 3 is 2.50 bits per heavy atom. The maximum absolute atomic E-state index is 12.1. The van der Waals surface area contributed by atoms with Crippen LogP contribution in [0.2, 0.25) is 0 Å². The molecule has 0 atom stereocenters. The van der Waals surface area contributed by atoms with Crippen LogP contribution < -0.4 is 15.6 Å². The molecule has 7 heteroatoms. The largest absolute Gasteiger partial charge is 0.422 e. The summed E-state index contributed by atoms with van der Waals surface area (Å²) >= 11 is 0. The number of esters is 1. The first-order valence-corrected chi connectivity index (χ1v) is 7.67. The van der Waals surface area contributed by atoms with E-state index in [1.807, 2.05) is 6.92 Å². The smallest absolute Gasteiger partial charge is 0.364 e. The van der Waals surface area contributed by atoms with Gasteiger partial charge in [-0.05, 0) is 36.8 Å². The van der Waals surface area contributed by atoms with Gasteiger partial charge in [0, 0.05) is 25.2 Å². The predicted octanol–water partition coefficient (Wildman–Crippen LogP) is 2.22. The lowest BCUT2D eigenvalue weighted by Gasteiger charge is -2.07. The van der Waals surface area contributed by atoms with E-state index >= 15 is 0 Å². The molecule has 7 nitrogen and oxygen atoms in total. The molecule has 1 N–H and O–H groups in total. The highest BCUT2D eigenvalue weighted by molar-refractivity contribution is 5.90. The number of aryl methyl sites for hydroxylation is 1. The molecule has 0 spiro atoms. The minimum Gasteiger partial charge on any atom is -0.422 e. The third kappa shape index (κ3) is 4.77. The molecule has 1 amide bonds. The first-order chi connectivity index (χ1) is 11.5. The molecule has 0 saturated heterocycles. The van der Waals surface area contributed by atoms with Gasteiger partial charge in [0.05, 0.1) is 0 Å². The molecule has 126 valence electrons. The van der Waals surface area contributed by atoms with Crippen LogP contribution in [0.25, 0.3) is 0 Å². The SMILES string of the molecule is CCCCn1nc(C(=O)Oc2ccc(NC(C)=O)cc2)ccc1=O. The predicted molar refractivity (Wildman–Crippen MR) is 89.1 cm³/mol. The van der Waals surface area contributed by atoms with Gasteiger partial charge < -0.3 is 10.1 Å². The van der Waals surface area contributed by atoms with Gasteiger partial charge in [-0.25, -0.2) is 9.48 Å². The number of rotatable bonds is 6. The van der Waals surface area contributed by atoms with E-state index in [4.69, 9.17) is 4.74 Å². The van der Waals surface area contributed by atoms with Gasteiger partial charge in [-0.2, -0.15) is 5.10 Å². The van der Waals surface area contributed by atoms with Crippen LogP contribution in [0, 0.1) is 0 Å². The standard InChI is InChI=1S/C17H19N3O4/c1-3-4-11-20-16(22)10-9-15(19-20)17(23)24-14-7-5-13(6-8-14)18-12(2)21/h5-10H,3-4,11H2,1-2H3,(H,18,21). The third-order valence-electron chi connectivity index (χ3n) is 3.18. The van der Waals surface area contributed by atoms with Crippen LogP contribution in [-0.2, 0) is 11.3 Å². The minimum atomic E-state index is -0.646. The summed E-state index contributed by atoms with van der Waals surface area (Å²) in [5.74, 6) is -0.506. The van der Waals surface area contributed by atoms with Crippen LogP contribution in [0.3, 0.4) is 0 Å². The van der Waals surface area contributed by atoms with Gasteiger partial charge >= 0.3 is 5.97 Å². The summed E-state index contributed by atoms with van der Waals surface area (Å²) in [6, 6.07) is 9.03. The van der Waals surface area contributed by atoms with Gasteiger partial charge in [0.25, 0.3) is 5.56 Å². The zero-order valence-electron chi connectivity index (χ0n) is 13.6. The first kappa shape index (κ1) is 17.4. The maximum atomic E-state index is 12.1. The molecular formula is C17H19N3O4. The summed E-state index contributed by atoms with van der Waals surface area (Å²) in [6.07, 6.45) is 1.72. The van der Waals surface area contributed by atoms with Crippen molar-refractivity contribution in [2.24, 2.45) is 0 Å². The number of ether oxygens (including phenoxy) is 1.